The normalized spacial score (nSPS) is 9.57. The molecule has 0 aliphatic carbocycles. The van der Waals surface area contributed by atoms with Crippen molar-refractivity contribution in [2.45, 2.75) is 0 Å². The van der Waals surface area contributed by atoms with Gasteiger partial charge in [-0.15, -0.1) is 0 Å². The van der Waals surface area contributed by atoms with Gasteiger partial charge in [-0.1, -0.05) is 121 Å². The van der Waals surface area contributed by atoms with E-state index in [0.717, 1.165) is 11.8 Å². The third-order valence-corrected chi connectivity index (χ3v) is 4.22. The monoisotopic (exact) mass is 362 g/mol. The molecule has 0 aromatic heterocycles. The highest BCUT2D eigenvalue weighted by atomic mass is 16.1. The lowest BCUT2D eigenvalue weighted by molar-refractivity contribution is 0.112. The second-order valence-electron chi connectivity index (χ2n) is 6.23. The lowest BCUT2D eigenvalue weighted by Crippen LogP contribution is -1.87. The van der Waals surface area contributed by atoms with E-state index < -0.39 is 0 Å². The lowest BCUT2D eigenvalue weighted by atomic mass is 9.96. The van der Waals surface area contributed by atoms with E-state index in [1.807, 2.05) is 24.3 Å². The van der Waals surface area contributed by atoms with Crippen molar-refractivity contribution in [3.63, 3.8) is 0 Å². The van der Waals surface area contributed by atoms with Crippen molar-refractivity contribution >= 4 is 17.9 Å². The first-order chi connectivity index (χ1) is 13.9. The molecule has 0 aliphatic rings. The minimum atomic E-state index is 0.729. The number of aldehydes is 1. The molecule has 0 amide bonds. The summed E-state index contributed by atoms with van der Waals surface area (Å²) in [6.07, 6.45) is 3.07. The summed E-state index contributed by atoms with van der Waals surface area (Å²) in [7, 11) is 0. The molecule has 4 aromatic rings. The number of hydrogen-bond acceptors (Lipinski definition) is 1. The molecule has 28 heavy (non-hydrogen) atoms. The summed E-state index contributed by atoms with van der Waals surface area (Å²) in [4.78, 5) is 10.0. The average Bonchev–Trinajstić information content (AvgIpc) is 2.80. The molecule has 0 aliphatic heterocycles. The summed E-state index contributed by atoms with van der Waals surface area (Å²) in [5.41, 5.74) is 5.67. The predicted octanol–water partition coefficient (Wildman–Crippen LogP) is 6.77. The van der Waals surface area contributed by atoms with Gasteiger partial charge in [0.05, 0.1) is 0 Å². The molecular formula is C27H22O. The van der Waals surface area contributed by atoms with Crippen molar-refractivity contribution in [2.24, 2.45) is 0 Å². The van der Waals surface area contributed by atoms with Gasteiger partial charge in [0.25, 0.3) is 0 Å². The van der Waals surface area contributed by atoms with Gasteiger partial charge in [-0.3, -0.25) is 4.79 Å². The van der Waals surface area contributed by atoms with Crippen LogP contribution in [-0.4, -0.2) is 6.29 Å². The van der Waals surface area contributed by atoms with E-state index in [2.05, 4.69) is 91.0 Å². The third kappa shape index (κ3) is 5.65. The summed E-state index contributed by atoms with van der Waals surface area (Å²) in [6.45, 7) is 0. The molecule has 0 spiro atoms. The minimum absolute atomic E-state index is 0.729. The Bertz CT molecular complexity index is 948. The summed E-state index contributed by atoms with van der Waals surface area (Å²) < 4.78 is 0. The zero-order valence-electron chi connectivity index (χ0n) is 15.6. The van der Waals surface area contributed by atoms with Gasteiger partial charge < -0.3 is 0 Å². The molecule has 136 valence electrons. The van der Waals surface area contributed by atoms with E-state index in [0.29, 0.717) is 0 Å². The van der Waals surface area contributed by atoms with Gasteiger partial charge in [-0.25, -0.2) is 0 Å². The van der Waals surface area contributed by atoms with Crippen LogP contribution in [0.3, 0.4) is 0 Å². The maximum absolute atomic E-state index is 10.0. The van der Waals surface area contributed by atoms with Gasteiger partial charge >= 0.3 is 0 Å². The maximum atomic E-state index is 10.0. The quantitative estimate of drug-likeness (QED) is 0.289. The molecular weight excluding hydrogens is 340 g/mol. The standard InChI is InChI=1S/C20H16.C7H6O/c1-4-10-17(11-5-1)16-20(18-12-6-2-7-13-18)19-14-8-3-9-15-19;8-6-7-4-2-1-3-5-7/h1-16H;1-6H. The molecule has 0 heterocycles. The van der Waals surface area contributed by atoms with E-state index in [-0.39, 0.29) is 0 Å². The van der Waals surface area contributed by atoms with Crippen LogP contribution in [0.1, 0.15) is 27.0 Å². The fourth-order valence-corrected chi connectivity index (χ4v) is 2.82. The van der Waals surface area contributed by atoms with Crippen LogP contribution in [0.5, 0.6) is 0 Å². The largest absolute Gasteiger partial charge is 0.298 e. The van der Waals surface area contributed by atoms with Gasteiger partial charge in [0.1, 0.15) is 6.29 Å². The number of rotatable bonds is 4. The van der Waals surface area contributed by atoms with E-state index in [4.69, 9.17) is 0 Å². The Kier molecular flexibility index (Phi) is 7.11. The Hall–Kier alpha value is -3.71. The smallest absolute Gasteiger partial charge is 0.150 e. The Morgan fingerprint density at radius 1 is 0.464 bits per heavy atom. The van der Waals surface area contributed by atoms with Gasteiger partial charge in [-0.05, 0) is 28.3 Å². The van der Waals surface area contributed by atoms with E-state index in [9.17, 15) is 4.79 Å². The highest BCUT2D eigenvalue weighted by Crippen LogP contribution is 2.25. The van der Waals surface area contributed by atoms with Crippen LogP contribution < -0.4 is 0 Å². The van der Waals surface area contributed by atoms with Crippen molar-refractivity contribution in [1.82, 2.24) is 0 Å². The molecule has 1 heteroatoms. The Balaban J connectivity index is 0.000000236. The zero-order valence-corrected chi connectivity index (χ0v) is 15.6. The van der Waals surface area contributed by atoms with Crippen LogP contribution in [0.2, 0.25) is 0 Å². The SMILES string of the molecule is C(=C(c1ccccc1)c1ccccc1)c1ccccc1.O=Cc1ccccc1. The molecule has 0 atom stereocenters. The van der Waals surface area contributed by atoms with E-state index in [1.165, 1.54) is 22.3 Å². The molecule has 0 radical (unpaired) electrons. The van der Waals surface area contributed by atoms with Crippen molar-refractivity contribution in [2.75, 3.05) is 0 Å². The number of benzene rings is 4. The highest BCUT2D eigenvalue weighted by molar-refractivity contribution is 5.91. The highest BCUT2D eigenvalue weighted by Gasteiger charge is 2.04. The molecule has 1 nitrogen and oxygen atoms in total. The molecule has 0 saturated carbocycles. The van der Waals surface area contributed by atoms with Gasteiger partial charge in [-0.2, -0.15) is 0 Å². The fraction of sp³-hybridized carbons (Fsp3) is 0. The maximum Gasteiger partial charge on any atom is 0.150 e. The molecule has 4 aromatic carbocycles. The molecule has 0 fully saturated rings. The Morgan fingerprint density at radius 3 is 1.18 bits per heavy atom. The second-order valence-corrected chi connectivity index (χ2v) is 6.23. The van der Waals surface area contributed by atoms with Crippen LogP contribution in [0.25, 0.3) is 11.6 Å². The summed E-state index contributed by atoms with van der Waals surface area (Å²) in [6, 6.07) is 40.6. The molecule has 0 N–H and O–H groups in total. The Labute approximate surface area is 166 Å². The summed E-state index contributed by atoms with van der Waals surface area (Å²) >= 11 is 0. The number of carbonyl (C=O) groups excluding carboxylic acids is 1. The van der Waals surface area contributed by atoms with Crippen LogP contribution in [-0.2, 0) is 0 Å². The third-order valence-electron chi connectivity index (χ3n) is 4.22. The van der Waals surface area contributed by atoms with Crippen molar-refractivity contribution in [3.8, 4) is 0 Å². The molecule has 0 saturated heterocycles. The molecule has 0 bridgehead atoms. The lowest BCUT2D eigenvalue weighted by Gasteiger charge is -2.08. The van der Waals surface area contributed by atoms with E-state index in [1.54, 1.807) is 12.1 Å². The number of hydrogen-bond donors (Lipinski definition) is 0. The molecule has 4 rings (SSSR count). The van der Waals surface area contributed by atoms with Gasteiger partial charge in [0.2, 0.25) is 0 Å². The topological polar surface area (TPSA) is 17.1 Å². The number of carbonyl (C=O) groups is 1. The van der Waals surface area contributed by atoms with Crippen molar-refractivity contribution < 1.29 is 4.79 Å². The van der Waals surface area contributed by atoms with Gasteiger partial charge in [0.15, 0.2) is 0 Å². The predicted molar refractivity (Wildman–Crippen MR) is 118 cm³/mol. The zero-order chi connectivity index (χ0) is 19.4. The first-order valence-electron chi connectivity index (χ1n) is 9.24. The van der Waals surface area contributed by atoms with Crippen LogP contribution >= 0.6 is 0 Å². The summed E-state index contributed by atoms with van der Waals surface area (Å²) in [5, 5.41) is 0. The van der Waals surface area contributed by atoms with E-state index >= 15 is 0 Å². The minimum Gasteiger partial charge on any atom is -0.298 e. The second kappa shape index (κ2) is 10.4. The Morgan fingerprint density at radius 2 is 0.821 bits per heavy atom. The molecule has 0 unspecified atom stereocenters. The van der Waals surface area contributed by atoms with Crippen molar-refractivity contribution in [3.05, 3.63) is 144 Å². The van der Waals surface area contributed by atoms with Crippen LogP contribution in [0, 0.1) is 0 Å². The fourth-order valence-electron chi connectivity index (χ4n) is 2.82. The average molecular weight is 362 g/mol. The first-order valence-corrected chi connectivity index (χ1v) is 9.24. The summed E-state index contributed by atoms with van der Waals surface area (Å²) in [5.74, 6) is 0. The van der Waals surface area contributed by atoms with Crippen molar-refractivity contribution in [1.29, 1.82) is 0 Å². The van der Waals surface area contributed by atoms with Gasteiger partial charge in [0, 0.05) is 5.56 Å². The first kappa shape index (κ1) is 19.1. The van der Waals surface area contributed by atoms with Crippen LogP contribution in [0.4, 0.5) is 0 Å². The van der Waals surface area contributed by atoms with Crippen LogP contribution in [0.15, 0.2) is 121 Å².